The molecule has 0 fully saturated rings. The van der Waals surface area contributed by atoms with Crippen molar-refractivity contribution in [2.24, 2.45) is 0 Å². The summed E-state index contributed by atoms with van der Waals surface area (Å²) < 4.78 is 10.7. The van der Waals surface area contributed by atoms with Crippen LogP contribution in [0.3, 0.4) is 0 Å². The van der Waals surface area contributed by atoms with Crippen LogP contribution in [0.4, 0.5) is 0 Å². The second kappa shape index (κ2) is 5.56. The summed E-state index contributed by atoms with van der Waals surface area (Å²) >= 11 is 0. The molecule has 0 bridgehead atoms. The first-order valence-corrected chi connectivity index (χ1v) is 5.91. The predicted molar refractivity (Wildman–Crippen MR) is 71.5 cm³/mol. The highest BCUT2D eigenvalue weighted by molar-refractivity contribution is 5.85. The van der Waals surface area contributed by atoms with Crippen LogP contribution in [0.25, 0.3) is 0 Å². The quantitative estimate of drug-likeness (QED) is 0.922. The zero-order chi connectivity index (χ0) is 14.7. The number of carboxylic acid groups (broad SMARTS) is 1. The van der Waals surface area contributed by atoms with Gasteiger partial charge in [-0.15, -0.1) is 0 Å². The van der Waals surface area contributed by atoms with E-state index in [0.717, 1.165) is 5.56 Å². The maximum atomic E-state index is 11.0. The lowest BCUT2D eigenvalue weighted by Gasteiger charge is -2.10. The Hall–Kier alpha value is -2.63. The number of aromatic carboxylic acids is 1. The van der Waals surface area contributed by atoms with Gasteiger partial charge in [-0.1, -0.05) is 6.07 Å². The number of hydrogen-bond donors (Lipinski definition) is 1. The van der Waals surface area contributed by atoms with Gasteiger partial charge in [0.05, 0.1) is 7.11 Å². The Bertz CT molecular complexity index is 656. The Morgan fingerprint density at radius 2 is 1.90 bits per heavy atom. The normalized spacial score (nSPS) is 10.2. The fraction of sp³-hybridized carbons (Fsp3) is 0.214. The van der Waals surface area contributed by atoms with E-state index >= 15 is 0 Å². The van der Waals surface area contributed by atoms with Crippen molar-refractivity contribution in [3.8, 4) is 17.5 Å². The van der Waals surface area contributed by atoms with Gasteiger partial charge in [0.25, 0.3) is 0 Å². The molecule has 1 heterocycles. The molecule has 0 aliphatic rings. The van der Waals surface area contributed by atoms with Crippen molar-refractivity contribution >= 4 is 5.97 Å². The van der Waals surface area contributed by atoms with Gasteiger partial charge in [-0.25, -0.2) is 9.78 Å². The average Bonchev–Trinajstić information content (AvgIpc) is 2.40. The van der Waals surface area contributed by atoms with Crippen LogP contribution in [0.1, 0.15) is 21.7 Å². The molecule has 0 aliphatic carbocycles. The number of hydrogen-bond acceptors (Lipinski definition) is 5. The van der Waals surface area contributed by atoms with E-state index in [1.807, 2.05) is 19.1 Å². The maximum absolute atomic E-state index is 11.0. The average molecular weight is 274 g/mol. The Labute approximate surface area is 116 Å². The molecule has 0 unspecified atom stereocenters. The van der Waals surface area contributed by atoms with E-state index in [-0.39, 0.29) is 11.7 Å². The van der Waals surface area contributed by atoms with Gasteiger partial charge in [-0.05, 0) is 37.6 Å². The lowest BCUT2D eigenvalue weighted by molar-refractivity contribution is 0.0689. The van der Waals surface area contributed by atoms with Crippen molar-refractivity contribution < 1.29 is 19.4 Å². The van der Waals surface area contributed by atoms with E-state index in [9.17, 15) is 4.79 Å². The van der Waals surface area contributed by atoms with E-state index in [0.29, 0.717) is 17.2 Å². The van der Waals surface area contributed by atoms with Gasteiger partial charge in [0.2, 0.25) is 0 Å². The molecular weight excluding hydrogens is 260 g/mol. The van der Waals surface area contributed by atoms with E-state index in [1.165, 1.54) is 13.2 Å². The topological polar surface area (TPSA) is 81.5 Å². The zero-order valence-electron chi connectivity index (χ0n) is 11.4. The Balaban J connectivity index is 2.37. The number of rotatable bonds is 4. The smallest absolute Gasteiger partial charge is 0.354 e. The van der Waals surface area contributed by atoms with Gasteiger partial charge < -0.3 is 14.6 Å². The Morgan fingerprint density at radius 1 is 1.15 bits per heavy atom. The molecule has 0 saturated heterocycles. The van der Waals surface area contributed by atoms with E-state index in [1.54, 1.807) is 13.0 Å². The first-order valence-electron chi connectivity index (χ1n) is 5.91. The summed E-state index contributed by atoms with van der Waals surface area (Å²) in [5.74, 6) is -0.164. The first-order chi connectivity index (χ1) is 9.49. The summed E-state index contributed by atoms with van der Waals surface area (Å²) in [4.78, 5) is 18.8. The number of nitrogens with zero attached hydrogens (tertiary/aromatic N) is 2. The molecule has 104 valence electrons. The third-order valence-corrected chi connectivity index (χ3v) is 2.57. The van der Waals surface area contributed by atoms with Crippen LogP contribution >= 0.6 is 0 Å². The van der Waals surface area contributed by atoms with Gasteiger partial charge in [0.15, 0.2) is 17.2 Å². The van der Waals surface area contributed by atoms with Gasteiger partial charge >= 0.3 is 12.0 Å². The first kappa shape index (κ1) is 13.8. The molecule has 1 N–H and O–H groups in total. The van der Waals surface area contributed by atoms with Crippen molar-refractivity contribution in [3.63, 3.8) is 0 Å². The van der Waals surface area contributed by atoms with E-state index < -0.39 is 5.97 Å². The molecule has 20 heavy (non-hydrogen) atoms. The molecule has 0 amide bonds. The van der Waals surface area contributed by atoms with Gasteiger partial charge in [0.1, 0.15) is 0 Å². The molecule has 2 rings (SSSR count). The number of ether oxygens (including phenoxy) is 2. The summed E-state index contributed by atoms with van der Waals surface area (Å²) in [6.07, 6.45) is 0. The molecule has 0 spiro atoms. The molecule has 2 aromatic rings. The van der Waals surface area contributed by atoms with Crippen molar-refractivity contribution in [2.75, 3.05) is 7.11 Å². The standard InChI is InChI=1S/C14H14N2O4/c1-8-4-5-11(12(6-8)19-3)20-14-15-9(2)7-10(16-14)13(17)18/h4-7H,1-3H3,(H,17,18). The summed E-state index contributed by atoms with van der Waals surface area (Å²) in [5.41, 5.74) is 1.42. The van der Waals surface area contributed by atoms with Gasteiger partial charge in [-0.2, -0.15) is 4.98 Å². The van der Waals surface area contributed by atoms with Crippen LogP contribution in [-0.2, 0) is 0 Å². The minimum Gasteiger partial charge on any atom is -0.493 e. The number of aryl methyl sites for hydroxylation is 2. The molecule has 1 aromatic heterocycles. The molecule has 0 atom stereocenters. The minimum absolute atomic E-state index is 0.0236. The molecule has 0 aliphatic heterocycles. The van der Waals surface area contributed by atoms with Crippen LogP contribution in [0, 0.1) is 13.8 Å². The van der Waals surface area contributed by atoms with Gasteiger partial charge in [-0.3, -0.25) is 0 Å². The Kier molecular flexibility index (Phi) is 3.84. The molecule has 0 radical (unpaired) electrons. The van der Waals surface area contributed by atoms with Crippen molar-refractivity contribution in [1.29, 1.82) is 0 Å². The zero-order valence-corrected chi connectivity index (χ0v) is 11.4. The highest BCUT2D eigenvalue weighted by Gasteiger charge is 2.12. The van der Waals surface area contributed by atoms with Crippen LogP contribution in [0.15, 0.2) is 24.3 Å². The maximum Gasteiger partial charge on any atom is 0.354 e. The predicted octanol–water partition coefficient (Wildman–Crippen LogP) is 2.59. The van der Waals surface area contributed by atoms with Crippen molar-refractivity contribution in [1.82, 2.24) is 9.97 Å². The monoisotopic (exact) mass is 274 g/mol. The van der Waals surface area contributed by atoms with Gasteiger partial charge in [0, 0.05) is 5.69 Å². The van der Waals surface area contributed by atoms with E-state index in [4.69, 9.17) is 14.6 Å². The fourth-order valence-corrected chi connectivity index (χ4v) is 1.65. The molecule has 0 saturated carbocycles. The highest BCUT2D eigenvalue weighted by atomic mass is 16.5. The minimum atomic E-state index is -1.13. The Morgan fingerprint density at radius 3 is 2.55 bits per heavy atom. The number of carbonyl (C=O) groups is 1. The molecule has 6 heteroatoms. The largest absolute Gasteiger partial charge is 0.493 e. The summed E-state index contributed by atoms with van der Waals surface area (Å²) in [6.45, 7) is 3.60. The molecule has 6 nitrogen and oxygen atoms in total. The summed E-state index contributed by atoms with van der Waals surface area (Å²) in [6, 6.07) is 6.74. The second-order valence-corrected chi connectivity index (χ2v) is 4.24. The lowest BCUT2D eigenvalue weighted by Crippen LogP contribution is -2.04. The number of aromatic nitrogens is 2. The third-order valence-electron chi connectivity index (χ3n) is 2.57. The number of carboxylic acids is 1. The molecular formula is C14H14N2O4. The SMILES string of the molecule is COc1cc(C)ccc1Oc1nc(C)cc(C(=O)O)n1. The number of benzene rings is 1. The third kappa shape index (κ3) is 3.03. The summed E-state index contributed by atoms with van der Waals surface area (Å²) in [5, 5.41) is 8.97. The van der Waals surface area contributed by atoms with Crippen molar-refractivity contribution in [3.05, 3.63) is 41.2 Å². The lowest BCUT2D eigenvalue weighted by atomic mass is 10.2. The number of methoxy groups -OCH3 is 1. The highest BCUT2D eigenvalue weighted by Crippen LogP contribution is 2.30. The van der Waals surface area contributed by atoms with Crippen LogP contribution < -0.4 is 9.47 Å². The van der Waals surface area contributed by atoms with Crippen LogP contribution in [-0.4, -0.2) is 28.2 Å². The summed E-state index contributed by atoms with van der Waals surface area (Å²) in [7, 11) is 1.53. The molecule has 1 aromatic carbocycles. The van der Waals surface area contributed by atoms with Crippen LogP contribution in [0.5, 0.6) is 17.5 Å². The van der Waals surface area contributed by atoms with Crippen molar-refractivity contribution in [2.45, 2.75) is 13.8 Å². The van der Waals surface area contributed by atoms with Crippen LogP contribution in [0.2, 0.25) is 0 Å². The second-order valence-electron chi connectivity index (χ2n) is 4.24. The van der Waals surface area contributed by atoms with E-state index in [2.05, 4.69) is 9.97 Å². The fourth-order valence-electron chi connectivity index (χ4n) is 1.65.